The van der Waals surface area contributed by atoms with E-state index in [9.17, 15) is 9.59 Å². The summed E-state index contributed by atoms with van der Waals surface area (Å²) in [6, 6.07) is -0.0804. The summed E-state index contributed by atoms with van der Waals surface area (Å²) in [5.41, 5.74) is 0. The summed E-state index contributed by atoms with van der Waals surface area (Å²) < 4.78 is 0. The zero-order valence-electron chi connectivity index (χ0n) is 10.2. The molecular weight excluding hydrogens is 222 g/mol. The average Bonchev–Trinajstić information content (AvgIpc) is 2.22. The topological polar surface area (TPSA) is 81.7 Å². The third-order valence-electron chi connectivity index (χ3n) is 2.76. The van der Waals surface area contributed by atoms with Gasteiger partial charge in [-0.05, 0) is 19.5 Å². The number of likely N-dealkylation sites (tertiary alicyclic amines) is 1. The van der Waals surface area contributed by atoms with E-state index in [2.05, 4.69) is 10.6 Å². The van der Waals surface area contributed by atoms with E-state index < -0.39 is 5.97 Å². The van der Waals surface area contributed by atoms with Crippen LogP contribution in [0.3, 0.4) is 0 Å². The quantitative estimate of drug-likeness (QED) is 0.554. The largest absolute Gasteiger partial charge is 0.481 e. The molecule has 0 radical (unpaired) electrons. The number of carboxylic acid groups (broad SMARTS) is 1. The van der Waals surface area contributed by atoms with Gasteiger partial charge in [0.05, 0.1) is 6.42 Å². The van der Waals surface area contributed by atoms with Crippen LogP contribution in [0.15, 0.2) is 0 Å². The zero-order chi connectivity index (χ0) is 12.7. The van der Waals surface area contributed by atoms with E-state index >= 15 is 0 Å². The number of carboxylic acids is 1. The molecule has 1 aliphatic heterocycles. The second-order valence-electron chi connectivity index (χ2n) is 4.31. The third-order valence-corrected chi connectivity index (χ3v) is 2.76. The van der Waals surface area contributed by atoms with Crippen LogP contribution in [0, 0.1) is 5.92 Å². The van der Waals surface area contributed by atoms with Crippen molar-refractivity contribution < 1.29 is 14.7 Å². The van der Waals surface area contributed by atoms with Gasteiger partial charge in [-0.3, -0.25) is 4.79 Å². The van der Waals surface area contributed by atoms with Gasteiger partial charge in [0.15, 0.2) is 0 Å². The molecule has 0 unspecified atom stereocenters. The Hall–Kier alpha value is -1.30. The summed E-state index contributed by atoms with van der Waals surface area (Å²) in [6.07, 6.45) is 1.07. The molecule has 1 heterocycles. The molecule has 1 fully saturated rings. The lowest BCUT2D eigenvalue weighted by atomic mass is 9.97. The summed E-state index contributed by atoms with van der Waals surface area (Å²) in [4.78, 5) is 23.6. The van der Waals surface area contributed by atoms with Crippen molar-refractivity contribution in [2.24, 2.45) is 5.92 Å². The number of nitrogens with one attached hydrogen (secondary N) is 2. The summed E-state index contributed by atoms with van der Waals surface area (Å²) >= 11 is 0. The molecule has 0 aromatic rings. The lowest BCUT2D eigenvalue weighted by Gasteiger charge is -2.38. The van der Waals surface area contributed by atoms with Gasteiger partial charge in [-0.15, -0.1) is 0 Å². The molecule has 0 aromatic carbocycles. The molecule has 0 aliphatic carbocycles. The fraction of sp³-hybridized carbons (Fsp3) is 0.818. The van der Waals surface area contributed by atoms with Crippen LogP contribution in [0.2, 0.25) is 0 Å². The molecule has 0 aromatic heterocycles. The molecule has 6 nitrogen and oxygen atoms in total. The molecule has 17 heavy (non-hydrogen) atoms. The third kappa shape index (κ3) is 5.04. The normalized spacial score (nSPS) is 15.5. The summed E-state index contributed by atoms with van der Waals surface area (Å²) in [5, 5.41) is 14.6. The number of carbonyl (C=O) groups excluding carboxylic acids is 1. The first-order valence-electron chi connectivity index (χ1n) is 6.08. The number of nitrogens with zero attached hydrogens (tertiary/aromatic N) is 1. The van der Waals surface area contributed by atoms with Crippen LogP contribution in [0.5, 0.6) is 0 Å². The van der Waals surface area contributed by atoms with Crippen molar-refractivity contribution in [1.29, 1.82) is 0 Å². The molecule has 2 amide bonds. The van der Waals surface area contributed by atoms with Gasteiger partial charge < -0.3 is 20.6 Å². The SMILES string of the molecule is CCNCCCNC(=O)N1CC(CC(=O)O)C1. The van der Waals surface area contributed by atoms with E-state index in [1.165, 1.54) is 0 Å². The predicted octanol–water partition coefficient (Wildman–Crippen LogP) is 0.102. The number of aliphatic carboxylic acids is 1. The first-order chi connectivity index (χ1) is 8.13. The molecule has 98 valence electrons. The van der Waals surface area contributed by atoms with Gasteiger partial charge >= 0.3 is 12.0 Å². The lowest BCUT2D eigenvalue weighted by Crippen LogP contribution is -2.54. The summed E-state index contributed by atoms with van der Waals surface area (Å²) in [5.74, 6) is -0.666. The lowest BCUT2D eigenvalue weighted by molar-refractivity contribution is -0.139. The Morgan fingerprint density at radius 1 is 1.35 bits per heavy atom. The predicted molar refractivity (Wildman–Crippen MR) is 63.9 cm³/mol. The molecule has 6 heteroatoms. The van der Waals surface area contributed by atoms with Crippen LogP contribution >= 0.6 is 0 Å². The van der Waals surface area contributed by atoms with E-state index in [0.717, 1.165) is 19.5 Å². The zero-order valence-corrected chi connectivity index (χ0v) is 10.2. The van der Waals surface area contributed by atoms with Crippen molar-refractivity contribution >= 4 is 12.0 Å². The molecule has 1 saturated heterocycles. The average molecular weight is 243 g/mol. The standard InChI is InChI=1S/C11H21N3O3/c1-2-12-4-3-5-13-11(17)14-7-9(8-14)6-10(15)16/h9,12H,2-8H2,1H3,(H,13,17)(H,15,16). The van der Waals surface area contributed by atoms with Crippen molar-refractivity contribution in [2.75, 3.05) is 32.7 Å². The van der Waals surface area contributed by atoms with E-state index in [0.29, 0.717) is 19.6 Å². The second-order valence-corrected chi connectivity index (χ2v) is 4.31. The van der Waals surface area contributed by atoms with Crippen molar-refractivity contribution in [1.82, 2.24) is 15.5 Å². The van der Waals surface area contributed by atoms with Crippen LogP contribution in [0.1, 0.15) is 19.8 Å². The Bertz CT molecular complexity index is 265. The maximum Gasteiger partial charge on any atom is 0.317 e. The van der Waals surface area contributed by atoms with E-state index in [1.807, 2.05) is 6.92 Å². The Kier molecular flexibility index (Phi) is 5.76. The Balaban J connectivity index is 2.01. The second kappa shape index (κ2) is 7.11. The van der Waals surface area contributed by atoms with Gasteiger partial charge in [-0.25, -0.2) is 4.79 Å². The minimum absolute atomic E-state index is 0.0804. The van der Waals surface area contributed by atoms with Gasteiger partial charge in [0.2, 0.25) is 0 Å². The van der Waals surface area contributed by atoms with Crippen LogP contribution in [-0.4, -0.2) is 54.7 Å². The van der Waals surface area contributed by atoms with Crippen molar-refractivity contribution in [2.45, 2.75) is 19.8 Å². The molecule has 3 N–H and O–H groups in total. The maximum absolute atomic E-state index is 11.5. The minimum atomic E-state index is -0.791. The van der Waals surface area contributed by atoms with E-state index in [1.54, 1.807) is 4.90 Å². The van der Waals surface area contributed by atoms with Crippen LogP contribution in [0.4, 0.5) is 4.79 Å². The van der Waals surface area contributed by atoms with Gasteiger partial charge in [0, 0.05) is 25.6 Å². The fourth-order valence-corrected chi connectivity index (χ4v) is 1.81. The molecule has 0 spiro atoms. The van der Waals surface area contributed by atoms with Crippen molar-refractivity contribution in [3.63, 3.8) is 0 Å². The number of carbonyl (C=O) groups is 2. The summed E-state index contributed by atoms with van der Waals surface area (Å²) in [6.45, 7) is 5.67. The highest BCUT2D eigenvalue weighted by Crippen LogP contribution is 2.18. The van der Waals surface area contributed by atoms with E-state index in [4.69, 9.17) is 5.11 Å². The highest BCUT2D eigenvalue weighted by atomic mass is 16.4. The number of hydrogen-bond donors (Lipinski definition) is 3. The Morgan fingerprint density at radius 3 is 2.65 bits per heavy atom. The van der Waals surface area contributed by atoms with Gasteiger partial charge in [-0.1, -0.05) is 6.92 Å². The van der Waals surface area contributed by atoms with Crippen molar-refractivity contribution in [3.8, 4) is 0 Å². The van der Waals surface area contributed by atoms with Crippen LogP contribution < -0.4 is 10.6 Å². The molecule has 0 bridgehead atoms. The number of rotatable bonds is 7. The first-order valence-corrected chi connectivity index (χ1v) is 6.08. The smallest absolute Gasteiger partial charge is 0.317 e. The molecule has 1 rings (SSSR count). The van der Waals surface area contributed by atoms with Crippen LogP contribution in [-0.2, 0) is 4.79 Å². The summed E-state index contributed by atoms with van der Waals surface area (Å²) in [7, 11) is 0. The molecular formula is C11H21N3O3. The fourth-order valence-electron chi connectivity index (χ4n) is 1.81. The van der Waals surface area contributed by atoms with E-state index in [-0.39, 0.29) is 18.4 Å². The molecule has 0 saturated carbocycles. The molecule has 0 atom stereocenters. The number of amides is 2. The van der Waals surface area contributed by atoms with Gasteiger partial charge in [0.25, 0.3) is 0 Å². The molecule has 1 aliphatic rings. The minimum Gasteiger partial charge on any atom is -0.481 e. The van der Waals surface area contributed by atoms with Crippen LogP contribution in [0.25, 0.3) is 0 Å². The first kappa shape index (κ1) is 13.8. The van der Waals surface area contributed by atoms with Gasteiger partial charge in [-0.2, -0.15) is 0 Å². The monoisotopic (exact) mass is 243 g/mol. The van der Waals surface area contributed by atoms with Gasteiger partial charge in [0.1, 0.15) is 0 Å². The Morgan fingerprint density at radius 2 is 2.06 bits per heavy atom. The Labute approximate surface area is 101 Å². The highest BCUT2D eigenvalue weighted by Gasteiger charge is 2.31. The number of hydrogen-bond acceptors (Lipinski definition) is 3. The number of urea groups is 1. The highest BCUT2D eigenvalue weighted by molar-refractivity contribution is 5.75. The maximum atomic E-state index is 11.5. The van der Waals surface area contributed by atoms with Crippen molar-refractivity contribution in [3.05, 3.63) is 0 Å².